The Bertz CT molecular complexity index is 580. The number of nitrogens with two attached hydrogens (primary N) is 2. The van der Waals surface area contributed by atoms with Gasteiger partial charge in [0.15, 0.2) is 17.5 Å². The van der Waals surface area contributed by atoms with Gasteiger partial charge in [0.25, 0.3) is 0 Å². The highest BCUT2D eigenvalue weighted by molar-refractivity contribution is 5.91. The zero-order valence-electron chi connectivity index (χ0n) is 13.9. The number of hydrogen-bond acceptors (Lipinski definition) is 3. The number of allylic oxidation sites excluding steroid dienone is 2. The smallest absolute Gasteiger partial charge is 0.231 e. The van der Waals surface area contributed by atoms with Crippen molar-refractivity contribution < 1.29 is 9.47 Å². The molecule has 1 aromatic rings. The molecule has 0 bridgehead atoms. The van der Waals surface area contributed by atoms with Crippen molar-refractivity contribution in [1.29, 1.82) is 5.41 Å². The summed E-state index contributed by atoms with van der Waals surface area (Å²) in [5.41, 5.74) is 11.4. The Labute approximate surface area is 137 Å². The van der Waals surface area contributed by atoms with Crippen LogP contribution >= 0.6 is 0 Å². The van der Waals surface area contributed by atoms with Crippen LogP contribution in [0.4, 0.5) is 0 Å². The molecule has 126 valence electrons. The van der Waals surface area contributed by atoms with Crippen molar-refractivity contribution in [2.45, 2.75) is 26.8 Å². The number of fused-ring (bicyclic) bond motifs is 1. The molecule has 1 aliphatic rings. The van der Waals surface area contributed by atoms with E-state index in [9.17, 15) is 0 Å². The number of aliphatic imine (C=N–C) groups is 1. The Hall–Kier alpha value is -2.70. The van der Waals surface area contributed by atoms with Gasteiger partial charge in [-0.3, -0.25) is 5.41 Å². The maximum absolute atomic E-state index is 7.68. The number of ether oxygens (including phenoxy) is 2. The second kappa shape index (κ2) is 9.34. The molecule has 0 spiro atoms. The van der Waals surface area contributed by atoms with Gasteiger partial charge in [0.2, 0.25) is 12.8 Å². The lowest BCUT2D eigenvalue weighted by Crippen LogP contribution is -2.30. The number of para-hydroxylation sites is 1. The van der Waals surface area contributed by atoms with E-state index in [0.29, 0.717) is 18.0 Å². The summed E-state index contributed by atoms with van der Waals surface area (Å²) in [5.74, 6) is 1.28. The van der Waals surface area contributed by atoms with E-state index in [2.05, 4.69) is 24.1 Å². The summed E-state index contributed by atoms with van der Waals surface area (Å²) >= 11 is 0. The van der Waals surface area contributed by atoms with Gasteiger partial charge in [0.1, 0.15) is 0 Å². The summed E-state index contributed by atoms with van der Waals surface area (Å²) in [6.07, 6.45) is 5.34. The molecular formula is C16H25N5O2. The fraction of sp³-hybridized carbons (Fsp3) is 0.375. The molecule has 0 saturated carbocycles. The number of benzene rings is 1. The minimum absolute atomic E-state index is 0.00785. The standard InChI is InChI=1S/C11H15N5O2.C5H10/c1-16(11(14)15-10(12)13)5-7-3-2-4-8-9(7)18-6-17-8;1-3-5-4-2/h2-4H,5-6H2,1H3,(H5,12,13,14,15);3,5H,4H2,1-2H3/b;5-3-. The van der Waals surface area contributed by atoms with E-state index in [1.54, 1.807) is 11.9 Å². The number of nitrogens with zero attached hydrogens (tertiary/aromatic N) is 2. The predicted molar refractivity (Wildman–Crippen MR) is 92.7 cm³/mol. The summed E-state index contributed by atoms with van der Waals surface area (Å²) in [6.45, 7) is 4.84. The van der Waals surface area contributed by atoms with Gasteiger partial charge in [0.05, 0.1) is 0 Å². The number of rotatable bonds is 3. The molecule has 1 heterocycles. The third kappa shape index (κ3) is 5.90. The summed E-state index contributed by atoms with van der Waals surface area (Å²) in [4.78, 5) is 5.28. The summed E-state index contributed by atoms with van der Waals surface area (Å²) in [7, 11) is 1.73. The lowest BCUT2D eigenvalue weighted by atomic mass is 10.2. The molecular weight excluding hydrogens is 294 g/mol. The van der Waals surface area contributed by atoms with E-state index >= 15 is 0 Å². The van der Waals surface area contributed by atoms with Gasteiger partial charge >= 0.3 is 0 Å². The van der Waals surface area contributed by atoms with Crippen molar-refractivity contribution in [2.75, 3.05) is 13.8 Å². The molecule has 1 aliphatic heterocycles. The highest BCUT2D eigenvalue weighted by Gasteiger charge is 2.18. The average Bonchev–Trinajstić information content (AvgIpc) is 2.97. The molecule has 0 radical (unpaired) electrons. The molecule has 0 saturated heterocycles. The van der Waals surface area contributed by atoms with Crippen LogP contribution in [0.1, 0.15) is 25.8 Å². The average molecular weight is 319 g/mol. The van der Waals surface area contributed by atoms with Crippen molar-refractivity contribution in [3.05, 3.63) is 35.9 Å². The SMILES string of the molecule is C/C=C\CC.CN(Cc1cccc2c1OCO2)C(=N)N=C(N)N. The molecule has 23 heavy (non-hydrogen) atoms. The molecule has 0 unspecified atom stereocenters. The van der Waals surface area contributed by atoms with Crippen LogP contribution < -0.4 is 20.9 Å². The van der Waals surface area contributed by atoms with E-state index in [1.165, 1.54) is 0 Å². The van der Waals surface area contributed by atoms with Crippen molar-refractivity contribution in [3.8, 4) is 11.5 Å². The van der Waals surface area contributed by atoms with Crippen LogP contribution in [0.2, 0.25) is 0 Å². The zero-order chi connectivity index (χ0) is 17.2. The molecule has 7 nitrogen and oxygen atoms in total. The quantitative estimate of drug-likeness (QED) is 0.448. The van der Waals surface area contributed by atoms with E-state index in [0.717, 1.165) is 12.0 Å². The Balaban J connectivity index is 0.000000463. The lowest BCUT2D eigenvalue weighted by Gasteiger charge is -2.17. The zero-order valence-corrected chi connectivity index (χ0v) is 13.9. The Morgan fingerprint density at radius 3 is 2.70 bits per heavy atom. The summed E-state index contributed by atoms with van der Waals surface area (Å²) in [5, 5.41) is 7.68. The molecule has 7 heteroatoms. The van der Waals surface area contributed by atoms with Gasteiger partial charge in [-0.2, -0.15) is 4.99 Å². The highest BCUT2D eigenvalue weighted by Crippen LogP contribution is 2.35. The maximum Gasteiger partial charge on any atom is 0.231 e. The highest BCUT2D eigenvalue weighted by atomic mass is 16.7. The second-order valence-corrected chi connectivity index (χ2v) is 4.84. The van der Waals surface area contributed by atoms with Crippen molar-refractivity contribution >= 4 is 11.9 Å². The summed E-state index contributed by atoms with van der Waals surface area (Å²) < 4.78 is 10.7. The molecule has 1 aromatic carbocycles. The van der Waals surface area contributed by atoms with Crippen molar-refractivity contribution in [2.24, 2.45) is 16.5 Å². The molecule has 5 N–H and O–H groups in total. The van der Waals surface area contributed by atoms with Gasteiger partial charge in [0, 0.05) is 19.2 Å². The fourth-order valence-electron chi connectivity index (χ4n) is 1.89. The van der Waals surface area contributed by atoms with Gasteiger partial charge in [-0.25, -0.2) is 0 Å². The molecule has 0 atom stereocenters. The molecule has 0 aliphatic carbocycles. The van der Waals surface area contributed by atoms with Crippen LogP contribution in [0.25, 0.3) is 0 Å². The number of guanidine groups is 2. The Morgan fingerprint density at radius 2 is 2.13 bits per heavy atom. The van der Waals surface area contributed by atoms with Crippen molar-refractivity contribution in [1.82, 2.24) is 4.90 Å². The third-order valence-corrected chi connectivity index (χ3v) is 2.95. The number of nitrogens with one attached hydrogen (secondary N) is 1. The van der Waals surface area contributed by atoms with Crippen LogP contribution in [0.5, 0.6) is 11.5 Å². The molecule has 0 amide bonds. The van der Waals surface area contributed by atoms with Crippen LogP contribution in [-0.4, -0.2) is 30.7 Å². The molecule has 0 aromatic heterocycles. The normalized spacial score (nSPS) is 11.6. The minimum Gasteiger partial charge on any atom is -0.454 e. The Morgan fingerprint density at radius 1 is 1.39 bits per heavy atom. The van der Waals surface area contributed by atoms with Crippen LogP contribution in [0.15, 0.2) is 35.3 Å². The molecule has 2 rings (SSSR count). The predicted octanol–water partition coefficient (Wildman–Crippen LogP) is 2.03. The second-order valence-electron chi connectivity index (χ2n) is 4.84. The van der Waals surface area contributed by atoms with Gasteiger partial charge < -0.3 is 25.8 Å². The van der Waals surface area contributed by atoms with Crippen molar-refractivity contribution in [3.63, 3.8) is 0 Å². The van der Waals surface area contributed by atoms with E-state index in [1.807, 2.05) is 25.1 Å². The van der Waals surface area contributed by atoms with E-state index in [4.69, 9.17) is 26.4 Å². The Kier molecular flexibility index (Phi) is 7.45. The largest absolute Gasteiger partial charge is 0.454 e. The summed E-state index contributed by atoms with van der Waals surface area (Å²) in [6, 6.07) is 5.63. The first-order valence-corrected chi connectivity index (χ1v) is 7.37. The van der Waals surface area contributed by atoms with Crippen LogP contribution in [-0.2, 0) is 6.54 Å². The third-order valence-electron chi connectivity index (χ3n) is 2.95. The van der Waals surface area contributed by atoms with Crippen LogP contribution in [0.3, 0.4) is 0 Å². The monoisotopic (exact) mass is 319 g/mol. The molecule has 0 fully saturated rings. The van der Waals surface area contributed by atoms with Gasteiger partial charge in [-0.05, 0) is 19.4 Å². The van der Waals surface area contributed by atoms with E-state index < -0.39 is 0 Å². The maximum atomic E-state index is 7.68. The van der Waals surface area contributed by atoms with Crippen LogP contribution in [0, 0.1) is 5.41 Å². The first-order chi connectivity index (χ1) is 11.0. The number of hydrogen-bond donors (Lipinski definition) is 3. The lowest BCUT2D eigenvalue weighted by molar-refractivity contribution is 0.173. The first kappa shape index (κ1) is 18.3. The first-order valence-electron chi connectivity index (χ1n) is 7.37. The topological polar surface area (TPSA) is 110 Å². The van der Waals surface area contributed by atoms with Gasteiger partial charge in [-0.1, -0.05) is 31.2 Å². The minimum atomic E-state index is -0.135. The fourth-order valence-corrected chi connectivity index (χ4v) is 1.89. The van der Waals surface area contributed by atoms with Gasteiger partial charge in [-0.15, -0.1) is 0 Å². The van der Waals surface area contributed by atoms with E-state index in [-0.39, 0.29) is 18.7 Å².